The van der Waals surface area contributed by atoms with Crippen molar-refractivity contribution >= 4 is 17.7 Å². The van der Waals surface area contributed by atoms with Crippen LogP contribution < -0.4 is 5.69 Å². The number of hydrogen-bond acceptors (Lipinski definition) is 4. The van der Waals surface area contributed by atoms with Gasteiger partial charge in [-0.2, -0.15) is 0 Å². The van der Waals surface area contributed by atoms with Crippen molar-refractivity contribution in [2.75, 3.05) is 12.8 Å². The van der Waals surface area contributed by atoms with Crippen LogP contribution in [0.4, 0.5) is 0 Å². The number of benzene rings is 1. The lowest BCUT2D eigenvalue weighted by atomic mass is 10.1. The largest absolute Gasteiger partial charge is 0.343 e. The second-order valence-electron chi connectivity index (χ2n) is 5.49. The average molecular weight is 334 g/mol. The zero-order chi connectivity index (χ0) is 16.8. The van der Waals surface area contributed by atoms with Crippen molar-refractivity contribution in [2.24, 2.45) is 0 Å². The lowest BCUT2D eigenvalue weighted by Gasteiger charge is -2.17. The highest BCUT2D eigenvalue weighted by atomic mass is 32.2. The summed E-state index contributed by atoms with van der Waals surface area (Å²) in [4.78, 5) is 25.5. The molecule has 0 radical (unpaired) electrons. The molecule has 0 atom stereocenters. The fourth-order valence-electron chi connectivity index (χ4n) is 2.13. The summed E-state index contributed by atoms with van der Waals surface area (Å²) in [6, 6.07) is 8.13. The van der Waals surface area contributed by atoms with E-state index in [1.54, 1.807) is 16.5 Å². The molecule has 0 aliphatic rings. The van der Waals surface area contributed by atoms with Gasteiger partial charge in [0.05, 0.1) is 5.75 Å². The van der Waals surface area contributed by atoms with Crippen LogP contribution in [0.5, 0.6) is 0 Å². The molecular weight excluding hydrogens is 312 g/mol. The number of aryl methyl sites for hydroxylation is 1. The fourth-order valence-corrected chi connectivity index (χ4v) is 3.04. The number of aromatic nitrogens is 3. The molecule has 0 aliphatic carbocycles. The van der Waals surface area contributed by atoms with Crippen molar-refractivity contribution in [2.45, 2.75) is 38.5 Å². The van der Waals surface area contributed by atoms with Gasteiger partial charge in [0.1, 0.15) is 0 Å². The van der Waals surface area contributed by atoms with Crippen LogP contribution in [0.2, 0.25) is 0 Å². The van der Waals surface area contributed by atoms with Crippen molar-refractivity contribution in [3.05, 3.63) is 45.9 Å². The smallest absolute Gasteiger partial charge is 0.341 e. The molecule has 0 aliphatic heterocycles. The summed E-state index contributed by atoms with van der Waals surface area (Å²) in [6.45, 7) is 5.20. The minimum absolute atomic E-state index is 0.00840. The number of nitrogens with one attached hydrogen (secondary N) is 1. The maximum Gasteiger partial charge on any atom is 0.343 e. The first kappa shape index (κ1) is 17.3. The second kappa shape index (κ2) is 8.01. The van der Waals surface area contributed by atoms with Crippen molar-refractivity contribution in [1.82, 2.24) is 19.7 Å². The van der Waals surface area contributed by atoms with E-state index in [2.05, 4.69) is 10.2 Å². The molecule has 2 rings (SSSR count). The Morgan fingerprint density at radius 1 is 1.35 bits per heavy atom. The van der Waals surface area contributed by atoms with Gasteiger partial charge in [-0.1, -0.05) is 48.5 Å². The summed E-state index contributed by atoms with van der Waals surface area (Å²) in [5.74, 6) is 0.269. The van der Waals surface area contributed by atoms with Crippen LogP contribution in [0, 0.1) is 6.92 Å². The van der Waals surface area contributed by atoms with Crippen LogP contribution in [0.25, 0.3) is 0 Å². The van der Waals surface area contributed by atoms with Crippen molar-refractivity contribution in [3.8, 4) is 0 Å². The van der Waals surface area contributed by atoms with Crippen LogP contribution in [-0.2, 0) is 17.9 Å². The molecule has 0 saturated heterocycles. The number of hydrogen-bond donors (Lipinski definition) is 1. The first-order chi connectivity index (χ1) is 11.0. The SMILES string of the molecule is CCCn1c(SCC(=O)N(C)Cc2ccc(C)cc2)n[nH]c1=O. The Labute approximate surface area is 139 Å². The van der Waals surface area contributed by atoms with Crippen LogP contribution in [0.1, 0.15) is 24.5 Å². The first-order valence-corrected chi connectivity index (χ1v) is 8.57. The number of H-pyrrole nitrogens is 1. The quantitative estimate of drug-likeness (QED) is 0.787. The Balaban J connectivity index is 1.91. The van der Waals surface area contributed by atoms with E-state index in [0.717, 1.165) is 12.0 Å². The Morgan fingerprint density at radius 2 is 2.04 bits per heavy atom. The number of nitrogens with zero attached hydrogens (tertiary/aromatic N) is 3. The van der Waals surface area contributed by atoms with E-state index in [-0.39, 0.29) is 17.3 Å². The summed E-state index contributed by atoms with van der Waals surface area (Å²) in [5, 5.41) is 6.97. The summed E-state index contributed by atoms with van der Waals surface area (Å²) in [6.07, 6.45) is 0.842. The van der Waals surface area contributed by atoms with Crippen molar-refractivity contribution in [1.29, 1.82) is 0 Å². The zero-order valence-electron chi connectivity index (χ0n) is 13.7. The van der Waals surface area contributed by atoms with Crippen molar-refractivity contribution in [3.63, 3.8) is 0 Å². The summed E-state index contributed by atoms with van der Waals surface area (Å²) < 4.78 is 1.57. The number of aromatic amines is 1. The van der Waals surface area contributed by atoms with Gasteiger partial charge in [0.2, 0.25) is 5.91 Å². The molecule has 0 unspecified atom stereocenters. The molecule has 1 N–H and O–H groups in total. The van der Waals surface area contributed by atoms with Gasteiger partial charge < -0.3 is 4.90 Å². The number of amides is 1. The Morgan fingerprint density at radius 3 is 2.70 bits per heavy atom. The predicted octanol–water partition coefficient (Wildman–Crippen LogP) is 2.04. The predicted molar refractivity (Wildman–Crippen MR) is 91.5 cm³/mol. The molecule has 0 spiro atoms. The molecule has 2 aromatic rings. The number of thioether (sulfide) groups is 1. The first-order valence-electron chi connectivity index (χ1n) is 7.58. The summed E-state index contributed by atoms with van der Waals surface area (Å²) in [7, 11) is 1.78. The molecule has 0 fully saturated rings. The van der Waals surface area contributed by atoms with Crippen molar-refractivity contribution < 1.29 is 4.79 Å². The molecule has 1 amide bonds. The van der Waals surface area contributed by atoms with Crippen LogP contribution in [0.15, 0.2) is 34.2 Å². The maximum atomic E-state index is 12.2. The standard InChI is InChI=1S/C16H22N4O2S/c1-4-9-20-15(22)17-18-16(20)23-11-14(21)19(3)10-13-7-5-12(2)6-8-13/h5-8H,4,9-11H2,1-3H3,(H,17,22). The Kier molecular flexibility index (Phi) is 6.04. The van der Waals surface area contributed by atoms with E-state index < -0.39 is 0 Å². The van der Waals surface area contributed by atoms with Gasteiger partial charge in [-0.15, -0.1) is 5.10 Å². The number of carbonyl (C=O) groups is 1. The highest BCUT2D eigenvalue weighted by Gasteiger charge is 2.14. The third-order valence-electron chi connectivity index (χ3n) is 3.46. The molecule has 1 heterocycles. The van der Waals surface area contributed by atoms with E-state index >= 15 is 0 Å². The van der Waals surface area contributed by atoms with Crippen LogP contribution in [-0.4, -0.2) is 38.4 Å². The van der Waals surface area contributed by atoms with E-state index in [0.29, 0.717) is 18.2 Å². The van der Waals surface area contributed by atoms with Gasteiger partial charge in [-0.25, -0.2) is 9.89 Å². The minimum Gasteiger partial charge on any atom is -0.341 e. The van der Waals surface area contributed by atoms with Gasteiger partial charge in [0.15, 0.2) is 5.16 Å². The highest BCUT2D eigenvalue weighted by molar-refractivity contribution is 7.99. The van der Waals surface area contributed by atoms with E-state index in [1.165, 1.54) is 17.3 Å². The monoisotopic (exact) mass is 334 g/mol. The third kappa shape index (κ3) is 4.72. The highest BCUT2D eigenvalue weighted by Crippen LogP contribution is 2.15. The number of rotatable bonds is 7. The molecule has 23 heavy (non-hydrogen) atoms. The van der Waals surface area contributed by atoms with Gasteiger partial charge in [0, 0.05) is 20.1 Å². The molecule has 124 valence electrons. The van der Waals surface area contributed by atoms with E-state index in [9.17, 15) is 9.59 Å². The fraction of sp³-hybridized carbons (Fsp3) is 0.438. The van der Waals surface area contributed by atoms with E-state index in [4.69, 9.17) is 0 Å². The molecular formula is C16H22N4O2S. The van der Waals surface area contributed by atoms with Gasteiger partial charge >= 0.3 is 5.69 Å². The molecule has 1 aromatic carbocycles. The molecule has 7 heteroatoms. The molecule has 0 saturated carbocycles. The molecule has 6 nitrogen and oxygen atoms in total. The van der Waals surface area contributed by atoms with Gasteiger partial charge in [-0.3, -0.25) is 9.36 Å². The van der Waals surface area contributed by atoms with Crippen LogP contribution in [0.3, 0.4) is 0 Å². The van der Waals surface area contributed by atoms with Gasteiger partial charge in [-0.05, 0) is 18.9 Å². The molecule has 1 aromatic heterocycles. The number of carbonyl (C=O) groups excluding carboxylic acids is 1. The lowest BCUT2D eigenvalue weighted by molar-refractivity contribution is -0.127. The normalized spacial score (nSPS) is 10.7. The second-order valence-corrected chi connectivity index (χ2v) is 6.43. The topological polar surface area (TPSA) is 71.0 Å². The Bertz CT molecular complexity index is 706. The van der Waals surface area contributed by atoms with Crippen LogP contribution >= 0.6 is 11.8 Å². The lowest BCUT2D eigenvalue weighted by Crippen LogP contribution is -2.28. The Hall–Kier alpha value is -2.02. The van der Waals surface area contributed by atoms with Gasteiger partial charge in [0.25, 0.3) is 0 Å². The zero-order valence-corrected chi connectivity index (χ0v) is 14.5. The third-order valence-corrected chi connectivity index (χ3v) is 4.42. The summed E-state index contributed by atoms with van der Waals surface area (Å²) in [5.41, 5.74) is 2.07. The average Bonchev–Trinajstić information content (AvgIpc) is 2.88. The summed E-state index contributed by atoms with van der Waals surface area (Å²) >= 11 is 1.29. The minimum atomic E-state index is -0.227. The molecule has 0 bridgehead atoms. The van der Waals surface area contributed by atoms with E-state index in [1.807, 2.05) is 38.1 Å². The maximum absolute atomic E-state index is 12.2.